The lowest BCUT2D eigenvalue weighted by Crippen LogP contribution is -2.66. The highest BCUT2D eigenvalue weighted by atomic mass is 19.1. The fraction of sp³-hybridized carbons (Fsp3) is 0.536. The number of aryl methyl sites for hydroxylation is 1. The van der Waals surface area contributed by atoms with Gasteiger partial charge in [-0.1, -0.05) is 0 Å². The first kappa shape index (κ1) is 25.6. The second-order valence-electron chi connectivity index (χ2n) is 11.5. The number of halogens is 1. The zero-order valence-corrected chi connectivity index (χ0v) is 21.5. The molecule has 4 saturated carbocycles. The second-order valence-corrected chi connectivity index (χ2v) is 11.5. The van der Waals surface area contributed by atoms with E-state index in [0.717, 1.165) is 32.1 Å². The lowest BCUT2D eigenvalue weighted by molar-refractivity contribution is -0.149. The molecule has 6 rings (SSSR count). The van der Waals surface area contributed by atoms with Gasteiger partial charge in [-0.25, -0.2) is 4.39 Å². The van der Waals surface area contributed by atoms with E-state index in [1.54, 1.807) is 20.8 Å². The average molecular weight is 512 g/mol. The van der Waals surface area contributed by atoms with Crippen LogP contribution in [-0.2, 0) is 11.3 Å². The van der Waals surface area contributed by atoms with Gasteiger partial charge in [-0.2, -0.15) is 0 Å². The minimum Gasteiger partial charge on any atom is -0.395 e. The first-order valence-corrected chi connectivity index (χ1v) is 12.9. The Bertz CT molecular complexity index is 1290. The fourth-order valence-corrected chi connectivity index (χ4v) is 7.58. The molecule has 4 aliphatic carbocycles. The van der Waals surface area contributed by atoms with E-state index in [2.05, 4.69) is 10.6 Å². The largest absolute Gasteiger partial charge is 0.395 e. The lowest BCUT2D eigenvalue weighted by Gasteiger charge is -2.60. The number of hydrogen-bond donors (Lipinski definition) is 4. The van der Waals surface area contributed by atoms with E-state index in [0.29, 0.717) is 40.8 Å². The third-order valence-electron chi connectivity index (χ3n) is 8.56. The number of benzene rings is 1. The van der Waals surface area contributed by atoms with Crippen molar-refractivity contribution in [1.82, 2.24) is 9.88 Å². The second kappa shape index (κ2) is 9.06. The number of hydrogen-bond acceptors (Lipinski definition) is 5. The summed E-state index contributed by atoms with van der Waals surface area (Å²) in [5, 5.41) is 26.4. The van der Waals surface area contributed by atoms with Gasteiger partial charge in [0.2, 0.25) is 0 Å². The predicted molar refractivity (Wildman–Crippen MR) is 135 cm³/mol. The van der Waals surface area contributed by atoms with Crippen molar-refractivity contribution in [2.24, 2.45) is 11.8 Å². The van der Waals surface area contributed by atoms with E-state index in [4.69, 9.17) is 0 Å². The smallest absolute Gasteiger partial charge is 0.294 e. The van der Waals surface area contributed by atoms with Crippen molar-refractivity contribution in [3.63, 3.8) is 0 Å². The van der Waals surface area contributed by atoms with Gasteiger partial charge in [0.05, 0.1) is 23.5 Å². The summed E-state index contributed by atoms with van der Waals surface area (Å²) in [5.41, 5.74) is 0.490. The zero-order valence-electron chi connectivity index (χ0n) is 21.5. The number of aliphatic hydroxyl groups excluding tert-OH is 1. The van der Waals surface area contributed by atoms with Gasteiger partial charge in [0.1, 0.15) is 5.82 Å². The molecule has 0 saturated heterocycles. The lowest BCUT2D eigenvalue weighted by atomic mass is 9.51. The molecule has 2 aromatic rings. The van der Waals surface area contributed by atoms with Crippen molar-refractivity contribution >= 4 is 23.3 Å². The molecule has 4 aliphatic rings. The molecule has 0 aliphatic heterocycles. The van der Waals surface area contributed by atoms with Crippen molar-refractivity contribution in [1.29, 1.82) is 0 Å². The third-order valence-corrected chi connectivity index (χ3v) is 8.56. The van der Waals surface area contributed by atoms with Crippen molar-refractivity contribution in [2.75, 3.05) is 11.9 Å². The van der Waals surface area contributed by atoms with Crippen LogP contribution in [-0.4, -0.2) is 50.1 Å². The molecular formula is C28H34FN3O5. The van der Waals surface area contributed by atoms with Crippen LogP contribution >= 0.6 is 0 Å². The van der Waals surface area contributed by atoms with Crippen LogP contribution in [0.3, 0.4) is 0 Å². The summed E-state index contributed by atoms with van der Waals surface area (Å²) in [6.07, 6.45) is 4.51. The predicted octanol–water partition coefficient (Wildman–Crippen LogP) is 3.18. The Balaban J connectivity index is 1.42. The average Bonchev–Trinajstić information content (AvgIpc) is 3.03. The minimum atomic E-state index is -0.784. The Labute approximate surface area is 215 Å². The number of rotatable bonds is 7. The molecule has 1 aromatic heterocycles. The minimum absolute atomic E-state index is 0.0407. The van der Waals surface area contributed by atoms with Crippen LogP contribution < -0.4 is 10.6 Å². The molecule has 37 heavy (non-hydrogen) atoms. The van der Waals surface area contributed by atoms with Crippen molar-refractivity contribution in [3.8, 4) is 0 Å². The molecule has 9 heteroatoms. The molecule has 2 unspecified atom stereocenters. The van der Waals surface area contributed by atoms with Gasteiger partial charge in [0.25, 0.3) is 17.6 Å². The maximum Gasteiger partial charge on any atom is 0.294 e. The van der Waals surface area contributed by atoms with E-state index >= 15 is 0 Å². The van der Waals surface area contributed by atoms with Gasteiger partial charge >= 0.3 is 0 Å². The third kappa shape index (κ3) is 4.48. The van der Waals surface area contributed by atoms with Gasteiger partial charge < -0.3 is 25.4 Å². The van der Waals surface area contributed by atoms with Crippen LogP contribution in [0.2, 0.25) is 0 Å². The van der Waals surface area contributed by atoms with Crippen LogP contribution in [0.15, 0.2) is 18.2 Å². The van der Waals surface area contributed by atoms with Crippen LogP contribution in [0, 0.1) is 38.4 Å². The first-order valence-electron chi connectivity index (χ1n) is 12.9. The summed E-state index contributed by atoms with van der Waals surface area (Å²) in [4.78, 5) is 40.1. The molecule has 2 amide bonds. The molecule has 4 N–H and O–H groups in total. The number of aromatic nitrogens is 1. The highest BCUT2D eigenvalue weighted by molar-refractivity contribution is 6.43. The van der Waals surface area contributed by atoms with E-state index < -0.39 is 28.7 Å². The number of nitrogens with zero attached hydrogens (tertiary/aromatic N) is 1. The number of carbonyl (C=O) groups excluding carboxylic acids is 3. The van der Waals surface area contributed by atoms with Crippen LogP contribution in [0.5, 0.6) is 0 Å². The summed E-state index contributed by atoms with van der Waals surface area (Å²) in [6, 6.07) is 4.23. The highest BCUT2D eigenvalue weighted by Crippen LogP contribution is 2.57. The summed E-state index contributed by atoms with van der Waals surface area (Å²) in [7, 11) is 0. The van der Waals surface area contributed by atoms with Gasteiger partial charge in [-0.15, -0.1) is 0 Å². The molecule has 4 fully saturated rings. The summed E-state index contributed by atoms with van der Waals surface area (Å²) < 4.78 is 15.2. The Morgan fingerprint density at radius 1 is 1.11 bits per heavy atom. The molecule has 0 spiro atoms. The van der Waals surface area contributed by atoms with Gasteiger partial charge in [0.15, 0.2) is 0 Å². The van der Waals surface area contributed by atoms with Crippen molar-refractivity contribution in [2.45, 2.75) is 77.0 Å². The maximum atomic E-state index is 13.7. The Hall–Kier alpha value is -3.04. The van der Waals surface area contributed by atoms with Gasteiger partial charge in [-0.05, 0) is 100 Å². The number of aliphatic hydroxyl groups is 2. The Kier molecular flexibility index (Phi) is 6.27. The summed E-state index contributed by atoms with van der Waals surface area (Å²) in [6.45, 7) is 4.63. The number of amides is 2. The van der Waals surface area contributed by atoms with E-state index in [9.17, 15) is 29.0 Å². The number of ketones is 1. The van der Waals surface area contributed by atoms with Crippen LogP contribution in [0.25, 0.3) is 0 Å². The summed E-state index contributed by atoms with van der Waals surface area (Å²) in [5.74, 6) is -1.72. The van der Waals surface area contributed by atoms with Crippen LogP contribution in [0.4, 0.5) is 10.1 Å². The molecule has 0 radical (unpaired) electrons. The van der Waals surface area contributed by atoms with Gasteiger partial charge in [-0.3, -0.25) is 14.4 Å². The molecule has 4 bridgehead atoms. The maximum absolute atomic E-state index is 13.7. The fourth-order valence-electron chi connectivity index (χ4n) is 7.58. The zero-order chi connectivity index (χ0) is 26.7. The Morgan fingerprint density at radius 3 is 2.38 bits per heavy atom. The standard InChI is InChI=1S/C28H34FN3O5/c1-15-8-20(4-5-21(15)29)30-25(35)22-16(2)23(32(6-7-33)17(22)3)24(34)26(36)31-27-10-18-9-19(11-27)13-28(37,12-18)14-27/h4-5,8,18-19,33,37H,6-7,9-14H2,1-3H3,(H,30,35)(H,31,36)/t18-,19+,27?,28?. The molecule has 198 valence electrons. The van der Waals surface area contributed by atoms with Gasteiger partial charge in [0, 0.05) is 23.5 Å². The normalized spacial score (nSPS) is 27.8. The first-order chi connectivity index (χ1) is 17.4. The summed E-state index contributed by atoms with van der Waals surface area (Å²) >= 11 is 0. The number of carbonyl (C=O) groups is 3. The van der Waals surface area contributed by atoms with Crippen LogP contribution in [0.1, 0.15) is 76.2 Å². The van der Waals surface area contributed by atoms with Crippen molar-refractivity contribution < 1.29 is 29.0 Å². The number of anilines is 1. The quantitative estimate of drug-likeness (QED) is 0.336. The molecular weight excluding hydrogens is 477 g/mol. The SMILES string of the molecule is Cc1cc(NC(=O)c2c(C)c(C(=O)C(=O)NC34C[C@@H]5C[C@@H](CC(O)(C5)C3)C4)n(CCO)c2C)ccc1F. The highest BCUT2D eigenvalue weighted by Gasteiger charge is 2.58. The molecule has 1 aromatic carbocycles. The molecule has 8 nitrogen and oxygen atoms in total. The van der Waals surface area contributed by atoms with E-state index in [1.165, 1.54) is 22.8 Å². The molecule has 1 heterocycles. The topological polar surface area (TPSA) is 121 Å². The Morgan fingerprint density at radius 2 is 1.78 bits per heavy atom. The number of nitrogens with one attached hydrogen (secondary N) is 2. The van der Waals surface area contributed by atoms with E-state index in [1.807, 2.05) is 0 Å². The molecule has 4 atom stereocenters. The monoisotopic (exact) mass is 511 g/mol. The van der Waals surface area contributed by atoms with Crippen molar-refractivity contribution in [3.05, 3.63) is 52.1 Å². The van der Waals surface area contributed by atoms with E-state index in [-0.39, 0.29) is 30.2 Å². The number of Topliss-reactive ketones (excluding diaryl/α,β-unsaturated/α-hetero) is 1.